The van der Waals surface area contributed by atoms with Crippen LogP contribution in [0.2, 0.25) is 0 Å². The van der Waals surface area contributed by atoms with Gasteiger partial charge in [-0.05, 0) is 60.5 Å². The molecule has 7 heteroatoms. The van der Waals surface area contributed by atoms with Gasteiger partial charge < -0.3 is 19.9 Å². The van der Waals surface area contributed by atoms with Crippen molar-refractivity contribution in [2.75, 3.05) is 50.1 Å². The monoisotopic (exact) mass is 493 g/mol. The van der Waals surface area contributed by atoms with Crippen LogP contribution in [0.1, 0.15) is 30.4 Å². The number of piperazine rings is 1. The van der Waals surface area contributed by atoms with Gasteiger partial charge in [-0.25, -0.2) is 0 Å². The van der Waals surface area contributed by atoms with Gasteiger partial charge in [-0.2, -0.15) is 5.10 Å². The SMILES string of the molecule is CCN1CCN(c2ccc(-c3n[nH]c4cc(C5CC56C(=O)Nc5ccc(OC)cc56)ccc34)cc2)CC1. The molecule has 0 radical (unpaired) electrons. The molecule has 188 valence electrons. The number of H-pyrrole nitrogens is 1. The van der Waals surface area contributed by atoms with Crippen molar-refractivity contribution >= 4 is 28.2 Å². The van der Waals surface area contributed by atoms with Gasteiger partial charge in [-0.15, -0.1) is 0 Å². The summed E-state index contributed by atoms with van der Waals surface area (Å²) in [7, 11) is 1.66. The van der Waals surface area contributed by atoms with E-state index in [0.717, 1.165) is 83.9 Å². The zero-order chi connectivity index (χ0) is 25.1. The maximum atomic E-state index is 13.0. The second-order valence-corrected chi connectivity index (χ2v) is 10.4. The van der Waals surface area contributed by atoms with E-state index in [4.69, 9.17) is 4.74 Å². The number of likely N-dealkylation sites (N-methyl/N-ethyl adjacent to an activating group) is 1. The number of rotatable bonds is 5. The summed E-state index contributed by atoms with van der Waals surface area (Å²) in [5.74, 6) is 1.01. The topological polar surface area (TPSA) is 73.5 Å². The molecule has 2 N–H and O–H groups in total. The summed E-state index contributed by atoms with van der Waals surface area (Å²) in [6.07, 6.45) is 0.805. The van der Waals surface area contributed by atoms with Crippen LogP contribution in [0.5, 0.6) is 5.75 Å². The fraction of sp³-hybridized carbons (Fsp3) is 0.333. The Kier molecular flexibility index (Phi) is 5.05. The first kappa shape index (κ1) is 22.4. The molecule has 3 aliphatic rings. The number of ether oxygens (including phenoxy) is 1. The summed E-state index contributed by atoms with van der Waals surface area (Å²) >= 11 is 0. The molecule has 1 spiro atoms. The van der Waals surface area contributed by atoms with Crippen LogP contribution in [0, 0.1) is 0 Å². The highest BCUT2D eigenvalue weighted by Crippen LogP contribution is 2.65. The summed E-state index contributed by atoms with van der Waals surface area (Å²) in [5.41, 5.74) is 6.94. The molecule has 1 aliphatic carbocycles. The number of nitrogens with one attached hydrogen (secondary N) is 2. The molecule has 1 saturated carbocycles. The number of carbonyl (C=O) groups excluding carboxylic acids is 1. The van der Waals surface area contributed by atoms with Crippen molar-refractivity contribution in [1.29, 1.82) is 0 Å². The van der Waals surface area contributed by atoms with E-state index in [1.54, 1.807) is 7.11 Å². The third-order valence-electron chi connectivity index (χ3n) is 8.64. The molecule has 37 heavy (non-hydrogen) atoms. The van der Waals surface area contributed by atoms with Gasteiger partial charge >= 0.3 is 0 Å². The third-order valence-corrected chi connectivity index (χ3v) is 8.64. The Bertz CT molecular complexity index is 1500. The Labute approximate surface area is 216 Å². The second kappa shape index (κ2) is 8.35. The number of hydrogen-bond acceptors (Lipinski definition) is 5. The summed E-state index contributed by atoms with van der Waals surface area (Å²) in [6.45, 7) is 7.73. The van der Waals surface area contributed by atoms with Gasteiger partial charge in [0.05, 0.1) is 23.7 Å². The van der Waals surface area contributed by atoms with E-state index in [-0.39, 0.29) is 11.8 Å². The number of aromatic amines is 1. The second-order valence-electron chi connectivity index (χ2n) is 10.4. The normalized spacial score (nSPS) is 22.9. The van der Waals surface area contributed by atoms with Crippen molar-refractivity contribution in [3.8, 4) is 17.0 Å². The summed E-state index contributed by atoms with van der Waals surface area (Å²) in [6, 6.07) is 21.1. The molecule has 1 amide bonds. The predicted octanol–water partition coefficient (Wildman–Crippen LogP) is 4.76. The van der Waals surface area contributed by atoms with Crippen molar-refractivity contribution in [1.82, 2.24) is 15.1 Å². The third kappa shape index (κ3) is 3.44. The molecule has 3 aromatic carbocycles. The van der Waals surface area contributed by atoms with E-state index >= 15 is 0 Å². The molecule has 2 unspecified atom stereocenters. The number of nitrogens with zero attached hydrogens (tertiary/aromatic N) is 3. The number of hydrogen-bond donors (Lipinski definition) is 2. The van der Waals surface area contributed by atoms with Crippen molar-refractivity contribution in [3.05, 3.63) is 71.8 Å². The van der Waals surface area contributed by atoms with E-state index in [9.17, 15) is 4.79 Å². The molecule has 1 aromatic heterocycles. The lowest BCUT2D eigenvalue weighted by Crippen LogP contribution is -2.46. The fourth-order valence-corrected chi connectivity index (χ4v) is 6.33. The van der Waals surface area contributed by atoms with Crippen LogP contribution in [0.15, 0.2) is 60.7 Å². The van der Waals surface area contributed by atoms with Crippen molar-refractivity contribution in [2.45, 2.75) is 24.7 Å². The highest BCUT2D eigenvalue weighted by molar-refractivity contribution is 6.10. The van der Waals surface area contributed by atoms with Crippen LogP contribution in [0.4, 0.5) is 11.4 Å². The van der Waals surface area contributed by atoms with Crippen LogP contribution in [-0.4, -0.2) is 60.8 Å². The van der Waals surface area contributed by atoms with Crippen LogP contribution in [0.3, 0.4) is 0 Å². The minimum Gasteiger partial charge on any atom is -0.497 e. The smallest absolute Gasteiger partial charge is 0.235 e. The van der Waals surface area contributed by atoms with E-state index in [1.807, 2.05) is 18.2 Å². The molecule has 2 fully saturated rings. The van der Waals surface area contributed by atoms with Gasteiger partial charge in [-0.1, -0.05) is 31.2 Å². The van der Waals surface area contributed by atoms with Gasteiger partial charge in [0.25, 0.3) is 0 Å². The first-order valence-electron chi connectivity index (χ1n) is 13.2. The first-order valence-corrected chi connectivity index (χ1v) is 13.2. The molecule has 0 bridgehead atoms. The molecular formula is C30H31N5O2. The molecule has 2 atom stereocenters. The number of anilines is 2. The Morgan fingerprint density at radius 1 is 1.03 bits per heavy atom. The number of carbonyl (C=O) groups is 1. The largest absolute Gasteiger partial charge is 0.497 e. The van der Waals surface area contributed by atoms with Crippen LogP contribution in [-0.2, 0) is 10.2 Å². The van der Waals surface area contributed by atoms with Gasteiger partial charge in [0.1, 0.15) is 5.75 Å². The number of aromatic nitrogens is 2. The number of methoxy groups -OCH3 is 1. The lowest BCUT2D eigenvalue weighted by atomic mass is 9.91. The molecule has 7 rings (SSSR count). The fourth-order valence-electron chi connectivity index (χ4n) is 6.33. The molecule has 4 aromatic rings. The van der Waals surface area contributed by atoms with Crippen LogP contribution in [0.25, 0.3) is 22.2 Å². The Morgan fingerprint density at radius 2 is 1.84 bits per heavy atom. The summed E-state index contributed by atoms with van der Waals surface area (Å²) in [4.78, 5) is 18.0. The van der Waals surface area contributed by atoms with Crippen LogP contribution >= 0.6 is 0 Å². The average molecular weight is 494 g/mol. The maximum Gasteiger partial charge on any atom is 0.235 e. The zero-order valence-corrected chi connectivity index (χ0v) is 21.3. The average Bonchev–Trinajstić information content (AvgIpc) is 3.47. The standard InChI is InChI=1S/C30H31N5O2/c1-3-34-12-14-35(15-13-34)21-7-4-19(5-8-21)28-23-10-6-20(16-27(23)32-33-28)25-18-30(25)24-17-22(37-2)9-11-26(24)31-29(30)36/h4-11,16-17,25H,3,12-15,18H2,1-2H3,(H,31,36)(H,32,33). The quantitative estimate of drug-likeness (QED) is 0.420. The predicted molar refractivity (Wildman–Crippen MR) is 147 cm³/mol. The van der Waals surface area contributed by atoms with Crippen molar-refractivity contribution in [3.63, 3.8) is 0 Å². The van der Waals surface area contributed by atoms with Gasteiger partial charge in [0, 0.05) is 54.4 Å². The maximum absolute atomic E-state index is 13.0. The lowest BCUT2D eigenvalue weighted by molar-refractivity contribution is -0.118. The molecule has 1 saturated heterocycles. The highest BCUT2D eigenvalue weighted by Gasteiger charge is 2.65. The van der Waals surface area contributed by atoms with E-state index < -0.39 is 5.41 Å². The van der Waals surface area contributed by atoms with Crippen molar-refractivity contribution in [2.24, 2.45) is 0 Å². The molecule has 7 nitrogen and oxygen atoms in total. The van der Waals surface area contributed by atoms with Gasteiger partial charge in [-0.3, -0.25) is 9.89 Å². The minimum atomic E-state index is -0.501. The van der Waals surface area contributed by atoms with E-state index in [0.29, 0.717) is 0 Å². The number of amides is 1. The van der Waals surface area contributed by atoms with E-state index in [1.165, 1.54) is 5.69 Å². The van der Waals surface area contributed by atoms with Crippen molar-refractivity contribution < 1.29 is 9.53 Å². The van der Waals surface area contributed by atoms with Gasteiger partial charge in [0.15, 0.2) is 0 Å². The van der Waals surface area contributed by atoms with Gasteiger partial charge in [0.2, 0.25) is 5.91 Å². The summed E-state index contributed by atoms with van der Waals surface area (Å²) < 4.78 is 5.43. The Morgan fingerprint density at radius 3 is 2.59 bits per heavy atom. The molecule has 3 heterocycles. The van der Waals surface area contributed by atoms with E-state index in [2.05, 4.69) is 74.7 Å². The highest BCUT2D eigenvalue weighted by atomic mass is 16.5. The number of benzene rings is 3. The Hall–Kier alpha value is -3.84. The lowest BCUT2D eigenvalue weighted by Gasteiger charge is -2.35. The minimum absolute atomic E-state index is 0.0855. The molecular weight excluding hydrogens is 462 g/mol. The summed E-state index contributed by atoms with van der Waals surface area (Å²) in [5, 5.41) is 12.1. The first-order chi connectivity index (χ1) is 18.1. The van der Waals surface area contributed by atoms with Crippen LogP contribution < -0.4 is 15.0 Å². The zero-order valence-electron chi connectivity index (χ0n) is 21.3. The number of fused-ring (bicyclic) bond motifs is 3. The Balaban J connectivity index is 1.14. The molecule has 2 aliphatic heterocycles.